The highest BCUT2D eigenvalue weighted by Crippen LogP contribution is 2.24. The molecule has 1 aliphatic carbocycles. The molecule has 0 spiro atoms. The molecule has 104 valence electrons. The quantitative estimate of drug-likeness (QED) is 0.653. The lowest BCUT2D eigenvalue weighted by molar-refractivity contribution is 0.567. The smallest absolute Gasteiger partial charge is 0.135 e. The first-order valence-corrected chi connectivity index (χ1v) is 7.52. The second kappa shape index (κ2) is 4.63. The fraction of sp³-hybridized carbons (Fsp3) is 0.200. The molecule has 0 fully saturated rings. The van der Waals surface area contributed by atoms with Crippen molar-refractivity contribution in [3.05, 3.63) is 58.7 Å². The average Bonchev–Trinajstić information content (AvgIpc) is 2.84. The van der Waals surface area contributed by atoms with E-state index in [0.717, 1.165) is 17.4 Å². The molecule has 0 radical (unpaired) electrons. The van der Waals surface area contributed by atoms with Crippen LogP contribution in [-0.2, 0) is 0 Å². The summed E-state index contributed by atoms with van der Waals surface area (Å²) in [6.07, 6.45) is 5.62. The Hall–Kier alpha value is -2.28. The van der Waals surface area contributed by atoms with Crippen molar-refractivity contribution in [3.8, 4) is 11.1 Å². The van der Waals surface area contributed by atoms with Crippen molar-refractivity contribution in [2.45, 2.75) is 20.3 Å². The Morgan fingerprint density at radius 1 is 1.05 bits per heavy atom. The molecule has 21 heavy (non-hydrogen) atoms. The van der Waals surface area contributed by atoms with Gasteiger partial charge in [0.05, 0.1) is 0 Å². The molecule has 0 bridgehead atoms. The highest BCUT2D eigenvalue weighted by atomic mass is 16.3. The minimum absolute atomic E-state index is 0.584. The number of furan rings is 1. The van der Waals surface area contributed by atoms with Crippen molar-refractivity contribution in [2.75, 3.05) is 0 Å². The van der Waals surface area contributed by atoms with Gasteiger partial charge in [-0.25, -0.2) is 0 Å². The summed E-state index contributed by atoms with van der Waals surface area (Å²) in [7, 11) is 0. The summed E-state index contributed by atoms with van der Waals surface area (Å²) in [6.45, 7) is 4.38. The summed E-state index contributed by atoms with van der Waals surface area (Å²) in [4.78, 5) is 0. The second-order valence-corrected chi connectivity index (χ2v) is 6.04. The first-order valence-electron chi connectivity index (χ1n) is 7.52. The summed E-state index contributed by atoms with van der Waals surface area (Å²) in [6, 6.07) is 15.1. The Morgan fingerprint density at radius 3 is 2.76 bits per heavy atom. The van der Waals surface area contributed by atoms with Gasteiger partial charge in [0.1, 0.15) is 11.0 Å². The zero-order valence-corrected chi connectivity index (χ0v) is 12.4. The molecule has 0 saturated heterocycles. The van der Waals surface area contributed by atoms with Gasteiger partial charge >= 0.3 is 0 Å². The molecule has 0 amide bonds. The Balaban J connectivity index is 1.99. The van der Waals surface area contributed by atoms with Gasteiger partial charge in [0, 0.05) is 10.6 Å². The van der Waals surface area contributed by atoms with Crippen molar-refractivity contribution >= 4 is 23.1 Å². The number of fused-ring (bicyclic) bond motifs is 3. The lowest BCUT2D eigenvalue weighted by Crippen LogP contribution is -2.24. The Labute approximate surface area is 124 Å². The standard InChI is InChI=1S/C20H18O/c1-13-4-3-5-15(10-13)16-7-9-20-18(12-16)17-11-14(2)6-8-19(17)21-20/h3-5,7-12,14H,6H2,1-2H3/t14-/m1/s1. The minimum atomic E-state index is 0.584. The maximum atomic E-state index is 5.97. The maximum absolute atomic E-state index is 5.97. The van der Waals surface area contributed by atoms with E-state index >= 15 is 0 Å². The van der Waals surface area contributed by atoms with E-state index < -0.39 is 0 Å². The van der Waals surface area contributed by atoms with Gasteiger partial charge in [-0.15, -0.1) is 0 Å². The van der Waals surface area contributed by atoms with E-state index in [1.54, 1.807) is 0 Å². The molecule has 0 saturated carbocycles. The number of rotatable bonds is 1. The number of hydrogen-bond acceptors (Lipinski definition) is 1. The van der Waals surface area contributed by atoms with Gasteiger partial charge in [-0.3, -0.25) is 0 Å². The van der Waals surface area contributed by atoms with E-state index in [-0.39, 0.29) is 0 Å². The van der Waals surface area contributed by atoms with E-state index in [9.17, 15) is 0 Å². The number of benzene rings is 2. The third-order valence-electron chi connectivity index (χ3n) is 4.23. The van der Waals surface area contributed by atoms with Crippen molar-refractivity contribution in [2.24, 2.45) is 5.92 Å². The zero-order chi connectivity index (χ0) is 14.4. The highest BCUT2D eigenvalue weighted by molar-refractivity contribution is 5.85. The van der Waals surface area contributed by atoms with Crippen LogP contribution in [0.1, 0.15) is 18.9 Å². The van der Waals surface area contributed by atoms with Crippen LogP contribution >= 0.6 is 0 Å². The SMILES string of the molecule is Cc1cccc(-c2ccc3oc4c(c3c2)=C[C@H](C)CC=4)c1. The van der Waals surface area contributed by atoms with Crippen molar-refractivity contribution < 1.29 is 4.42 Å². The largest absolute Gasteiger partial charge is 0.456 e. The van der Waals surface area contributed by atoms with Gasteiger partial charge in [0.25, 0.3) is 0 Å². The van der Waals surface area contributed by atoms with Gasteiger partial charge in [-0.2, -0.15) is 0 Å². The molecule has 2 aromatic carbocycles. The Morgan fingerprint density at radius 2 is 1.90 bits per heavy atom. The molecule has 0 aliphatic heterocycles. The van der Waals surface area contributed by atoms with Gasteiger partial charge in [-0.05, 0) is 48.6 Å². The second-order valence-electron chi connectivity index (χ2n) is 6.04. The van der Waals surface area contributed by atoms with Gasteiger partial charge in [-0.1, -0.05) is 48.9 Å². The van der Waals surface area contributed by atoms with Crippen molar-refractivity contribution in [3.63, 3.8) is 0 Å². The van der Waals surface area contributed by atoms with E-state index in [1.807, 2.05) is 0 Å². The van der Waals surface area contributed by atoms with Crippen LogP contribution in [0.15, 0.2) is 46.9 Å². The van der Waals surface area contributed by atoms with Crippen LogP contribution in [0.3, 0.4) is 0 Å². The molecule has 1 nitrogen and oxygen atoms in total. The molecule has 0 unspecified atom stereocenters. The molecule has 1 heteroatoms. The van der Waals surface area contributed by atoms with Crippen LogP contribution in [0.5, 0.6) is 0 Å². The number of aryl methyl sites for hydroxylation is 1. The van der Waals surface area contributed by atoms with Crippen LogP contribution in [-0.4, -0.2) is 0 Å². The first kappa shape index (κ1) is 12.5. The molecule has 1 atom stereocenters. The lowest BCUT2D eigenvalue weighted by Gasteiger charge is -2.04. The van der Waals surface area contributed by atoms with Crippen LogP contribution in [0.25, 0.3) is 34.2 Å². The van der Waals surface area contributed by atoms with Gasteiger partial charge in [0.2, 0.25) is 0 Å². The molecule has 1 aliphatic rings. The predicted octanol–water partition coefficient (Wildman–Crippen LogP) is 4.01. The van der Waals surface area contributed by atoms with Crippen LogP contribution in [0.2, 0.25) is 0 Å². The van der Waals surface area contributed by atoms with Crippen LogP contribution in [0, 0.1) is 12.8 Å². The molecular weight excluding hydrogens is 256 g/mol. The van der Waals surface area contributed by atoms with Crippen molar-refractivity contribution in [1.82, 2.24) is 0 Å². The maximum Gasteiger partial charge on any atom is 0.135 e. The Bertz CT molecular complexity index is 944. The lowest BCUT2D eigenvalue weighted by atomic mass is 9.99. The summed E-state index contributed by atoms with van der Waals surface area (Å²) in [5.74, 6) is 0.584. The topological polar surface area (TPSA) is 13.1 Å². The van der Waals surface area contributed by atoms with Gasteiger partial charge in [0.15, 0.2) is 0 Å². The minimum Gasteiger partial charge on any atom is -0.456 e. The summed E-state index contributed by atoms with van der Waals surface area (Å²) >= 11 is 0. The fourth-order valence-electron chi connectivity index (χ4n) is 3.11. The molecular formula is C20H18O. The summed E-state index contributed by atoms with van der Waals surface area (Å²) < 4.78 is 5.97. The molecule has 4 rings (SSSR count). The first-order chi connectivity index (χ1) is 10.2. The monoisotopic (exact) mass is 274 g/mol. The number of hydrogen-bond donors (Lipinski definition) is 0. The van der Waals surface area contributed by atoms with Crippen LogP contribution in [0.4, 0.5) is 0 Å². The fourth-order valence-corrected chi connectivity index (χ4v) is 3.11. The third-order valence-corrected chi connectivity index (χ3v) is 4.23. The van der Waals surface area contributed by atoms with E-state index in [0.29, 0.717) is 5.92 Å². The highest BCUT2D eigenvalue weighted by Gasteiger charge is 2.10. The van der Waals surface area contributed by atoms with Gasteiger partial charge < -0.3 is 4.42 Å². The molecule has 3 aromatic rings. The zero-order valence-electron chi connectivity index (χ0n) is 12.4. The molecule has 1 heterocycles. The summed E-state index contributed by atoms with van der Waals surface area (Å²) in [5, 5.41) is 2.49. The Kier molecular flexibility index (Phi) is 2.75. The third kappa shape index (κ3) is 2.09. The predicted molar refractivity (Wildman–Crippen MR) is 88.3 cm³/mol. The van der Waals surface area contributed by atoms with Crippen molar-refractivity contribution in [1.29, 1.82) is 0 Å². The molecule has 0 N–H and O–H groups in total. The van der Waals surface area contributed by atoms with E-state index in [2.05, 4.69) is 68.5 Å². The van der Waals surface area contributed by atoms with E-state index in [1.165, 1.54) is 27.3 Å². The van der Waals surface area contributed by atoms with Crippen LogP contribution < -0.4 is 10.6 Å². The summed E-state index contributed by atoms with van der Waals surface area (Å²) in [5.41, 5.74) is 5.82. The average molecular weight is 274 g/mol. The molecule has 1 aromatic heterocycles. The van der Waals surface area contributed by atoms with E-state index in [4.69, 9.17) is 4.42 Å². The normalized spacial score (nSPS) is 17.1.